The highest BCUT2D eigenvalue weighted by atomic mass is 16.8. The molecule has 5 unspecified atom stereocenters. The van der Waals surface area contributed by atoms with E-state index in [4.69, 9.17) is 28.4 Å². The fourth-order valence-corrected chi connectivity index (χ4v) is 3.98. The minimum atomic E-state index is -1.97. The topological polar surface area (TPSA) is 255 Å². The van der Waals surface area contributed by atoms with Gasteiger partial charge in [-0.05, 0) is 0 Å². The summed E-state index contributed by atoms with van der Waals surface area (Å²) in [4.78, 5) is 11.6. The molecule has 14 atom stereocenters. The van der Waals surface area contributed by atoms with E-state index in [1.807, 2.05) is 0 Å². The van der Waals surface area contributed by atoms with Crippen molar-refractivity contribution in [3.05, 3.63) is 0 Å². The zero-order chi connectivity index (χ0) is 25.3. The van der Waals surface area contributed by atoms with E-state index in [-0.39, 0.29) is 0 Å². The van der Waals surface area contributed by atoms with Crippen molar-refractivity contribution < 1.29 is 79.2 Å². The lowest BCUT2D eigenvalue weighted by Gasteiger charge is -2.46. The van der Waals surface area contributed by atoms with Gasteiger partial charge in [0.05, 0.1) is 13.2 Å². The van der Waals surface area contributed by atoms with Crippen molar-refractivity contribution in [2.45, 2.75) is 86.0 Å². The van der Waals surface area contributed by atoms with Crippen LogP contribution in [0, 0.1) is 0 Å². The van der Waals surface area contributed by atoms with Crippen molar-refractivity contribution >= 4 is 5.97 Å². The van der Waals surface area contributed by atoms with Crippen LogP contribution in [0.1, 0.15) is 0 Å². The maximum absolute atomic E-state index is 11.6. The van der Waals surface area contributed by atoms with Crippen LogP contribution in [0.3, 0.4) is 0 Å². The molecule has 0 saturated carbocycles. The lowest BCUT2D eigenvalue weighted by molar-refractivity contribution is -0.374. The van der Waals surface area contributed by atoms with E-state index in [2.05, 4.69) is 0 Å². The second-order valence-corrected chi connectivity index (χ2v) is 8.09. The highest BCUT2D eigenvalue weighted by molar-refractivity contribution is 5.73. The third-order valence-corrected chi connectivity index (χ3v) is 5.92. The number of hydrogen-bond donors (Lipinski definition) is 9. The molecule has 3 aliphatic heterocycles. The van der Waals surface area contributed by atoms with Gasteiger partial charge in [0.2, 0.25) is 0 Å². The molecule has 0 aromatic heterocycles. The number of aliphatic hydroxyl groups excluding tert-OH is 8. The Morgan fingerprint density at radius 2 is 1.15 bits per heavy atom. The van der Waals surface area contributed by atoms with Crippen molar-refractivity contribution in [2.75, 3.05) is 20.3 Å². The van der Waals surface area contributed by atoms with Gasteiger partial charge in [0, 0.05) is 7.11 Å². The minimum Gasteiger partial charge on any atom is -0.479 e. The van der Waals surface area contributed by atoms with Gasteiger partial charge in [-0.25, -0.2) is 4.79 Å². The number of hydrogen-bond acceptors (Lipinski definition) is 15. The maximum atomic E-state index is 11.6. The highest BCUT2D eigenvalue weighted by Gasteiger charge is 2.55. The summed E-state index contributed by atoms with van der Waals surface area (Å²) in [6.07, 6.45) is -23.4. The molecule has 9 N–H and O–H groups in total. The third-order valence-electron chi connectivity index (χ3n) is 5.92. The number of rotatable bonds is 8. The maximum Gasteiger partial charge on any atom is 0.335 e. The summed E-state index contributed by atoms with van der Waals surface area (Å²) in [6, 6.07) is 0. The lowest BCUT2D eigenvalue weighted by Crippen LogP contribution is -2.66. The van der Waals surface area contributed by atoms with Gasteiger partial charge in [-0.2, -0.15) is 0 Å². The summed E-state index contributed by atoms with van der Waals surface area (Å²) in [5.41, 5.74) is 0. The van der Waals surface area contributed by atoms with E-state index < -0.39 is 105 Å². The first kappa shape index (κ1) is 27.5. The van der Waals surface area contributed by atoms with Gasteiger partial charge < -0.3 is 74.4 Å². The van der Waals surface area contributed by atoms with Gasteiger partial charge >= 0.3 is 5.97 Å². The van der Waals surface area contributed by atoms with E-state index in [1.165, 1.54) is 0 Å². The molecule has 0 aliphatic carbocycles. The Morgan fingerprint density at radius 1 is 0.676 bits per heavy atom. The van der Waals surface area contributed by atoms with Crippen molar-refractivity contribution in [3.8, 4) is 0 Å². The van der Waals surface area contributed by atoms with Gasteiger partial charge in [-0.1, -0.05) is 0 Å². The highest BCUT2D eigenvalue weighted by Crippen LogP contribution is 2.33. The van der Waals surface area contributed by atoms with Gasteiger partial charge in [0.15, 0.2) is 25.0 Å². The van der Waals surface area contributed by atoms with Crippen LogP contribution in [0.5, 0.6) is 0 Å². The third kappa shape index (κ3) is 5.20. The van der Waals surface area contributed by atoms with Gasteiger partial charge in [0.25, 0.3) is 0 Å². The first-order valence-electron chi connectivity index (χ1n) is 10.4. The Labute approximate surface area is 192 Å². The molecule has 198 valence electrons. The van der Waals surface area contributed by atoms with Crippen LogP contribution >= 0.6 is 0 Å². The predicted octanol–water partition coefficient (Wildman–Crippen LogP) is -6.19. The van der Waals surface area contributed by atoms with Crippen LogP contribution in [-0.2, 0) is 33.2 Å². The molecular formula is C18H30O16. The number of ether oxygens (including phenoxy) is 6. The molecule has 0 aromatic carbocycles. The first-order valence-corrected chi connectivity index (χ1v) is 10.4. The van der Waals surface area contributed by atoms with Crippen LogP contribution in [0.2, 0.25) is 0 Å². The van der Waals surface area contributed by atoms with E-state index in [0.717, 1.165) is 7.11 Å². The number of carboxylic acid groups (broad SMARTS) is 1. The fraction of sp³-hybridized carbons (Fsp3) is 0.944. The van der Waals surface area contributed by atoms with Crippen LogP contribution < -0.4 is 0 Å². The molecule has 0 bridgehead atoms. The van der Waals surface area contributed by atoms with Gasteiger partial charge in [-0.3, -0.25) is 0 Å². The molecule has 3 aliphatic rings. The second kappa shape index (κ2) is 11.3. The van der Waals surface area contributed by atoms with E-state index >= 15 is 0 Å². The molecule has 16 nitrogen and oxygen atoms in total. The van der Waals surface area contributed by atoms with Crippen molar-refractivity contribution in [2.24, 2.45) is 0 Å². The summed E-state index contributed by atoms with van der Waals surface area (Å²) in [5.74, 6) is -1.60. The average Bonchev–Trinajstić information content (AvgIpc) is 3.09. The monoisotopic (exact) mass is 502 g/mol. The van der Waals surface area contributed by atoms with Crippen LogP contribution in [0.15, 0.2) is 0 Å². The number of carboxylic acids is 1. The average molecular weight is 502 g/mol. The molecule has 3 saturated heterocycles. The summed E-state index contributed by atoms with van der Waals surface area (Å²) in [7, 11) is 1.11. The largest absolute Gasteiger partial charge is 0.479 e. The lowest BCUT2D eigenvalue weighted by atomic mass is 9.96. The SMILES string of the molecule is CO[C@@H]1OC(C(=O)O)[C@@H](O)[C@@H](O[C@@H]2O[C@@H](CO)[C@@H](O)C2O)C1O[C@@H]1OC(CO)[C@H](O)[C@@H](O)C1O. The Balaban J connectivity index is 1.87. The van der Waals surface area contributed by atoms with Gasteiger partial charge in [0.1, 0.15) is 61.0 Å². The summed E-state index contributed by atoms with van der Waals surface area (Å²) >= 11 is 0. The predicted molar refractivity (Wildman–Crippen MR) is 101 cm³/mol. The molecule has 16 heteroatoms. The first-order chi connectivity index (χ1) is 16.0. The number of aliphatic carboxylic acids is 1. The fourth-order valence-electron chi connectivity index (χ4n) is 3.98. The Kier molecular flexibility index (Phi) is 9.15. The Bertz CT molecular complexity index is 678. The standard InChI is InChI=1S/C18H30O16/c1-29-18-14(34-17-10(25)8(23)6(21)4(2-19)30-17)12(11(26)13(33-18)15(27)28)32-16-9(24)7(22)5(3-20)31-16/h4-14,16-26H,2-3H2,1H3,(H,27,28)/t4?,5-,6-,7+,8+,9?,10?,11-,12+,13?,14?,16-,17-,18+/m0/s1. The van der Waals surface area contributed by atoms with E-state index in [0.29, 0.717) is 0 Å². The zero-order valence-electron chi connectivity index (χ0n) is 17.9. The normalized spacial score (nSPS) is 49.8. The second-order valence-electron chi connectivity index (χ2n) is 8.09. The smallest absolute Gasteiger partial charge is 0.335 e. The molecule has 34 heavy (non-hydrogen) atoms. The van der Waals surface area contributed by atoms with Crippen molar-refractivity contribution in [3.63, 3.8) is 0 Å². The van der Waals surface area contributed by atoms with Crippen LogP contribution in [0.25, 0.3) is 0 Å². The van der Waals surface area contributed by atoms with E-state index in [1.54, 1.807) is 0 Å². The molecule has 3 heterocycles. The molecule has 0 aromatic rings. The number of carbonyl (C=O) groups is 1. The number of methoxy groups -OCH3 is 1. The quantitative estimate of drug-likeness (QED) is 0.150. The number of aliphatic hydroxyl groups is 8. The Hall–Kier alpha value is -1.09. The minimum absolute atomic E-state index is 0.683. The summed E-state index contributed by atoms with van der Waals surface area (Å²) in [5, 5.41) is 89.1. The molecule has 0 amide bonds. The van der Waals surface area contributed by atoms with Crippen LogP contribution in [-0.4, -0.2) is 158 Å². The van der Waals surface area contributed by atoms with Gasteiger partial charge in [-0.15, -0.1) is 0 Å². The van der Waals surface area contributed by atoms with Crippen LogP contribution in [0.4, 0.5) is 0 Å². The Morgan fingerprint density at radius 3 is 1.62 bits per heavy atom. The molecular weight excluding hydrogens is 472 g/mol. The van der Waals surface area contributed by atoms with Crippen molar-refractivity contribution in [1.29, 1.82) is 0 Å². The molecule has 3 fully saturated rings. The summed E-state index contributed by atoms with van der Waals surface area (Å²) in [6.45, 7) is -1.44. The zero-order valence-corrected chi connectivity index (χ0v) is 17.9. The molecule has 3 rings (SSSR count). The summed E-state index contributed by atoms with van der Waals surface area (Å²) < 4.78 is 32.0. The molecule has 0 spiro atoms. The van der Waals surface area contributed by atoms with Crippen molar-refractivity contribution in [1.82, 2.24) is 0 Å². The molecule has 0 radical (unpaired) electrons. The van der Waals surface area contributed by atoms with E-state index in [9.17, 15) is 50.8 Å².